The highest BCUT2D eigenvalue weighted by atomic mass is 35.5. The Hall–Kier alpha value is -3.16. The fourth-order valence-corrected chi connectivity index (χ4v) is 4.65. The van der Waals surface area contributed by atoms with Gasteiger partial charge in [0, 0.05) is 10.7 Å². The molecule has 0 aliphatic heterocycles. The van der Waals surface area contributed by atoms with Crippen molar-refractivity contribution in [1.29, 1.82) is 0 Å². The molecule has 0 fully saturated rings. The van der Waals surface area contributed by atoms with Crippen LogP contribution in [-0.4, -0.2) is 18.0 Å². The molecule has 0 amide bonds. The van der Waals surface area contributed by atoms with Gasteiger partial charge in [0.2, 0.25) is 10.0 Å². The van der Waals surface area contributed by atoms with Gasteiger partial charge in [-0.15, -0.1) is 0 Å². The molecule has 152 valence electrons. The highest BCUT2D eigenvalue weighted by molar-refractivity contribution is 7.91. The Labute approximate surface area is 178 Å². The largest absolute Gasteiger partial charge is 0.294 e. The molecule has 0 aliphatic carbocycles. The van der Waals surface area contributed by atoms with Gasteiger partial charge in [0.25, 0.3) is 5.56 Å². The number of fused-ring (bicyclic) bond motifs is 1. The molecule has 0 spiro atoms. The molecule has 1 heterocycles. The zero-order chi connectivity index (χ0) is 21.1. The van der Waals surface area contributed by atoms with Crippen molar-refractivity contribution >= 4 is 38.2 Å². The number of rotatable bonds is 6. The monoisotopic (exact) mass is 439 g/mol. The summed E-state index contributed by atoms with van der Waals surface area (Å²) in [6.45, 7) is 0.380. The number of nitrogens with one attached hydrogen (secondary N) is 1. The van der Waals surface area contributed by atoms with E-state index < -0.39 is 10.0 Å². The molecule has 3 aromatic carbocycles. The molecule has 1 aromatic heterocycles. The topological polar surface area (TPSA) is 81.1 Å². The summed E-state index contributed by atoms with van der Waals surface area (Å²) in [4.78, 5) is 17.2. The summed E-state index contributed by atoms with van der Waals surface area (Å²) in [6, 6.07) is 21.1. The average molecular weight is 440 g/mol. The summed E-state index contributed by atoms with van der Waals surface area (Å²) in [6.07, 6.45) is 1.50. The van der Waals surface area contributed by atoms with Crippen molar-refractivity contribution in [2.45, 2.75) is 12.3 Å². The number of aromatic nitrogens is 2. The van der Waals surface area contributed by atoms with Gasteiger partial charge in [-0.3, -0.25) is 14.1 Å². The van der Waals surface area contributed by atoms with Crippen molar-refractivity contribution in [2.75, 3.05) is 4.72 Å². The second-order valence-corrected chi connectivity index (χ2v) is 8.98. The zero-order valence-electron chi connectivity index (χ0n) is 15.8. The number of nitrogens with zero attached hydrogens (tertiary/aromatic N) is 2. The number of anilines is 1. The summed E-state index contributed by atoms with van der Waals surface area (Å²) in [5.74, 6) is -0.268. The van der Waals surface area contributed by atoms with Gasteiger partial charge in [0.15, 0.2) is 0 Å². The first-order chi connectivity index (χ1) is 14.4. The number of benzene rings is 3. The molecule has 0 aliphatic rings. The summed E-state index contributed by atoms with van der Waals surface area (Å²) in [5, 5.41) is 0.723. The normalized spacial score (nSPS) is 11.5. The van der Waals surface area contributed by atoms with Gasteiger partial charge >= 0.3 is 0 Å². The standard InChI is InChI=1S/C22H18ClN3O3S/c23-20-9-5-4-8-17(20)14-30(28,29)25-18-10-11-21-19(12-18)22(27)26(15-24-21)13-16-6-2-1-3-7-16/h1-12,15,25H,13-14H2. The van der Waals surface area contributed by atoms with Crippen molar-refractivity contribution in [3.05, 3.63) is 106 Å². The molecule has 0 saturated carbocycles. The van der Waals surface area contributed by atoms with Crippen LogP contribution in [0.5, 0.6) is 0 Å². The van der Waals surface area contributed by atoms with Gasteiger partial charge in [0.1, 0.15) is 0 Å². The van der Waals surface area contributed by atoms with Crippen LogP contribution >= 0.6 is 11.6 Å². The molecule has 8 heteroatoms. The molecule has 30 heavy (non-hydrogen) atoms. The van der Waals surface area contributed by atoms with Gasteiger partial charge in [-0.2, -0.15) is 0 Å². The Morgan fingerprint density at radius 2 is 1.70 bits per heavy atom. The number of sulfonamides is 1. The van der Waals surface area contributed by atoms with Gasteiger partial charge in [0.05, 0.1) is 29.5 Å². The van der Waals surface area contributed by atoms with E-state index in [9.17, 15) is 13.2 Å². The van der Waals surface area contributed by atoms with Crippen molar-refractivity contribution in [2.24, 2.45) is 0 Å². The van der Waals surface area contributed by atoms with Crippen LogP contribution in [-0.2, 0) is 22.3 Å². The highest BCUT2D eigenvalue weighted by Gasteiger charge is 2.15. The maximum Gasteiger partial charge on any atom is 0.261 e. The number of hydrogen-bond acceptors (Lipinski definition) is 4. The minimum absolute atomic E-state index is 0.240. The molecular weight excluding hydrogens is 422 g/mol. The van der Waals surface area contributed by atoms with E-state index in [4.69, 9.17) is 11.6 Å². The van der Waals surface area contributed by atoms with Crippen LogP contribution in [0, 0.1) is 0 Å². The first-order valence-corrected chi connectivity index (χ1v) is 11.2. The lowest BCUT2D eigenvalue weighted by atomic mass is 10.2. The third-order valence-corrected chi connectivity index (χ3v) is 6.20. The summed E-state index contributed by atoms with van der Waals surface area (Å²) < 4.78 is 29.2. The van der Waals surface area contributed by atoms with Gasteiger partial charge in [-0.25, -0.2) is 13.4 Å². The third kappa shape index (κ3) is 4.53. The summed E-state index contributed by atoms with van der Waals surface area (Å²) in [5.41, 5.74) is 2.02. The first-order valence-electron chi connectivity index (χ1n) is 9.18. The molecule has 1 N–H and O–H groups in total. The maximum atomic E-state index is 12.9. The Balaban J connectivity index is 1.63. The van der Waals surface area contributed by atoms with Crippen molar-refractivity contribution < 1.29 is 8.42 Å². The van der Waals surface area contributed by atoms with E-state index in [0.717, 1.165) is 5.56 Å². The van der Waals surface area contributed by atoms with Crippen LogP contribution in [0.1, 0.15) is 11.1 Å². The van der Waals surface area contributed by atoms with E-state index in [1.54, 1.807) is 36.4 Å². The van der Waals surface area contributed by atoms with E-state index >= 15 is 0 Å². The Bertz CT molecular complexity index is 1370. The van der Waals surface area contributed by atoms with E-state index in [0.29, 0.717) is 33.7 Å². The summed E-state index contributed by atoms with van der Waals surface area (Å²) in [7, 11) is -3.71. The zero-order valence-corrected chi connectivity index (χ0v) is 17.4. The fourth-order valence-electron chi connectivity index (χ4n) is 3.15. The number of hydrogen-bond donors (Lipinski definition) is 1. The van der Waals surface area contributed by atoms with Crippen LogP contribution in [0.15, 0.2) is 83.9 Å². The van der Waals surface area contributed by atoms with Crippen LogP contribution < -0.4 is 10.3 Å². The Morgan fingerprint density at radius 3 is 2.47 bits per heavy atom. The lowest BCUT2D eigenvalue weighted by Gasteiger charge is -2.11. The molecule has 4 rings (SSSR count). The lowest BCUT2D eigenvalue weighted by Crippen LogP contribution is -2.21. The van der Waals surface area contributed by atoms with Crippen LogP contribution in [0.3, 0.4) is 0 Å². The smallest absolute Gasteiger partial charge is 0.261 e. The summed E-state index contributed by atoms with van der Waals surface area (Å²) >= 11 is 6.07. The SMILES string of the molecule is O=c1c2cc(NS(=O)(=O)Cc3ccccc3Cl)ccc2ncn1Cc1ccccc1. The molecule has 6 nitrogen and oxygen atoms in total. The van der Waals surface area contributed by atoms with E-state index in [1.807, 2.05) is 30.3 Å². The predicted molar refractivity (Wildman–Crippen MR) is 119 cm³/mol. The van der Waals surface area contributed by atoms with Gasteiger partial charge < -0.3 is 0 Å². The molecule has 0 unspecified atom stereocenters. The second kappa shape index (κ2) is 8.30. The van der Waals surface area contributed by atoms with Crippen LogP contribution in [0.2, 0.25) is 5.02 Å². The first kappa shape index (κ1) is 20.1. The Morgan fingerprint density at radius 1 is 0.967 bits per heavy atom. The van der Waals surface area contributed by atoms with Gasteiger partial charge in [-0.1, -0.05) is 60.1 Å². The Kier molecular flexibility index (Phi) is 5.57. The van der Waals surface area contributed by atoms with E-state index in [2.05, 4.69) is 9.71 Å². The molecule has 0 saturated heterocycles. The van der Waals surface area contributed by atoms with Crippen LogP contribution in [0.4, 0.5) is 5.69 Å². The van der Waals surface area contributed by atoms with E-state index in [-0.39, 0.29) is 11.3 Å². The average Bonchev–Trinajstić information content (AvgIpc) is 2.72. The maximum absolute atomic E-state index is 12.9. The number of halogens is 1. The quantitative estimate of drug-likeness (QED) is 0.491. The minimum atomic E-state index is -3.71. The van der Waals surface area contributed by atoms with Crippen molar-refractivity contribution in [3.63, 3.8) is 0 Å². The minimum Gasteiger partial charge on any atom is -0.294 e. The predicted octanol–water partition coefficient (Wildman–Crippen LogP) is 4.04. The van der Waals surface area contributed by atoms with Crippen molar-refractivity contribution in [1.82, 2.24) is 9.55 Å². The van der Waals surface area contributed by atoms with Crippen LogP contribution in [0.25, 0.3) is 10.9 Å². The molecular formula is C22H18ClN3O3S. The molecule has 0 atom stereocenters. The second-order valence-electron chi connectivity index (χ2n) is 6.85. The lowest BCUT2D eigenvalue weighted by molar-refractivity contribution is 0.600. The van der Waals surface area contributed by atoms with Gasteiger partial charge in [-0.05, 0) is 35.4 Å². The molecule has 0 bridgehead atoms. The fraction of sp³-hybridized carbons (Fsp3) is 0.0909. The molecule has 4 aromatic rings. The molecule has 0 radical (unpaired) electrons. The highest BCUT2D eigenvalue weighted by Crippen LogP contribution is 2.21. The van der Waals surface area contributed by atoms with E-state index in [1.165, 1.54) is 17.0 Å². The van der Waals surface area contributed by atoms with Crippen molar-refractivity contribution in [3.8, 4) is 0 Å². The third-order valence-electron chi connectivity index (χ3n) is 4.60.